The number of aliphatic hydroxyl groups excluding tert-OH is 1. The minimum atomic E-state index is -3.85. The number of anilines is 1. The van der Waals surface area contributed by atoms with Crippen LogP contribution in [0.5, 0.6) is 0 Å². The number of rotatable bonds is 4. The third-order valence-electron chi connectivity index (χ3n) is 3.47. The van der Waals surface area contributed by atoms with Crippen LogP contribution in [0.15, 0.2) is 29.2 Å². The van der Waals surface area contributed by atoms with E-state index in [-0.39, 0.29) is 24.0 Å². The molecule has 2 atom stereocenters. The highest BCUT2D eigenvalue weighted by Gasteiger charge is 2.33. The second kappa shape index (κ2) is 7.16. The van der Waals surface area contributed by atoms with Crippen LogP contribution in [0.2, 0.25) is 0 Å². The molecule has 1 amide bonds. The summed E-state index contributed by atoms with van der Waals surface area (Å²) in [6, 6.07) is 4.90. The van der Waals surface area contributed by atoms with Gasteiger partial charge in [0, 0.05) is 12.6 Å². The van der Waals surface area contributed by atoms with Crippen LogP contribution in [0.25, 0.3) is 0 Å². The number of benzene rings is 1. The van der Waals surface area contributed by atoms with Gasteiger partial charge < -0.3 is 19.9 Å². The fraction of sp³-hybridized carbons (Fsp3) is 0.533. The van der Waals surface area contributed by atoms with Gasteiger partial charge in [-0.1, -0.05) is 0 Å². The van der Waals surface area contributed by atoms with Gasteiger partial charge in [0.25, 0.3) is 0 Å². The second-order valence-corrected chi connectivity index (χ2v) is 7.74. The molecule has 9 heteroatoms. The van der Waals surface area contributed by atoms with Gasteiger partial charge in [-0.3, -0.25) is 4.79 Å². The maximum Gasteiger partial charge on any atom is 0.240 e. The van der Waals surface area contributed by atoms with Crippen molar-refractivity contribution in [2.24, 2.45) is 0 Å². The molecule has 0 unspecified atom stereocenters. The minimum absolute atomic E-state index is 0.0165. The van der Waals surface area contributed by atoms with Crippen molar-refractivity contribution in [2.45, 2.75) is 43.6 Å². The fourth-order valence-electron chi connectivity index (χ4n) is 2.15. The van der Waals surface area contributed by atoms with Crippen LogP contribution in [0, 0.1) is 0 Å². The maximum atomic E-state index is 12.4. The Morgan fingerprint density at radius 3 is 2.38 bits per heavy atom. The van der Waals surface area contributed by atoms with E-state index in [1.165, 1.54) is 31.2 Å². The molecule has 0 saturated carbocycles. The molecule has 24 heavy (non-hydrogen) atoms. The van der Waals surface area contributed by atoms with Gasteiger partial charge in [0.05, 0.1) is 30.3 Å². The van der Waals surface area contributed by atoms with E-state index in [4.69, 9.17) is 9.47 Å². The van der Waals surface area contributed by atoms with Crippen LogP contribution in [0.3, 0.4) is 0 Å². The lowest BCUT2D eigenvalue weighted by molar-refractivity contribution is -0.203. The molecule has 3 N–H and O–H groups in total. The van der Waals surface area contributed by atoms with E-state index in [9.17, 15) is 18.3 Å². The van der Waals surface area contributed by atoms with E-state index in [2.05, 4.69) is 10.0 Å². The second-order valence-electron chi connectivity index (χ2n) is 6.02. The van der Waals surface area contributed by atoms with E-state index in [1.807, 2.05) is 0 Å². The van der Waals surface area contributed by atoms with E-state index < -0.39 is 28.0 Å². The van der Waals surface area contributed by atoms with Crippen LogP contribution in [-0.4, -0.2) is 50.6 Å². The molecule has 1 aliphatic rings. The Balaban J connectivity index is 2.11. The summed E-state index contributed by atoms with van der Waals surface area (Å²) >= 11 is 0. The van der Waals surface area contributed by atoms with Crippen LogP contribution >= 0.6 is 0 Å². The molecule has 2 rings (SSSR count). The van der Waals surface area contributed by atoms with Crippen LogP contribution < -0.4 is 10.0 Å². The van der Waals surface area contributed by atoms with Crippen molar-refractivity contribution in [3.05, 3.63) is 24.3 Å². The lowest BCUT2D eigenvalue weighted by Crippen LogP contribution is -2.46. The molecule has 0 bridgehead atoms. The molecule has 1 saturated heterocycles. The zero-order valence-corrected chi connectivity index (χ0v) is 14.6. The van der Waals surface area contributed by atoms with Crippen molar-refractivity contribution in [3.8, 4) is 0 Å². The summed E-state index contributed by atoms with van der Waals surface area (Å²) in [5, 5.41) is 12.6. The normalized spacial score (nSPS) is 24.2. The quantitative estimate of drug-likeness (QED) is 0.719. The highest BCUT2D eigenvalue weighted by Crippen LogP contribution is 2.19. The fourth-order valence-corrected chi connectivity index (χ4v) is 3.40. The number of nitrogens with one attached hydrogen (secondary N) is 2. The number of carbonyl (C=O) groups is 1. The number of aliphatic hydroxyl groups is 1. The van der Waals surface area contributed by atoms with Crippen molar-refractivity contribution < 1.29 is 27.8 Å². The summed E-state index contributed by atoms with van der Waals surface area (Å²) in [4.78, 5) is 11.0. The number of sulfonamides is 1. The molecule has 1 fully saturated rings. The third-order valence-corrected chi connectivity index (χ3v) is 4.97. The number of amides is 1. The van der Waals surface area contributed by atoms with Gasteiger partial charge in [-0.2, -0.15) is 0 Å². The molecule has 0 aliphatic carbocycles. The lowest BCUT2D eigenvalue weighted by Gasteiger charge is -2.23. The van der Waals surface area contributed by atoms with Gasteiger partial charge >= 0.3 is 0 Å². The highest BCUT2D eigenvalue weighted by molar-refractivity contribution is 7.89. The molecule has 1 aromatic rings. The van der Waals surface area contributed by atoms with Gasteiger partial charge in [-0.25, -0.2) is 13.1 Å². The Morgan fingerprint density at radius 1 is 1.21 bits per heavy atom. The van der Waals surface area contributed by atoms with Gasteiger partial charge in [-0.05, 0) is 38.1 Å². The van der Waals surface area contributed by atoms with Crippen LogP contribution in [0.4, 0.5) is 5.69 Å². The average molecular weight is 358 g/mol. The molecule has 134 valence electrons. The highest BCUT2D eigenvalue weighted by atomic mass is 32.2. The molecule has 0 spiro atoms. The summed E-state index contributed by atoms with van der Waals surface area (Å²) in [5.41, 5.74) is 0.495. The molecule has 1 heterocycles. The number of carbonyl (C=O) groups excluding carboxylic acids is 1. The Kier molecular flexibility index (Phi) is 5.61. The predicted molar refractivity (Wildman–Crippen MR) is 86.8 cm³/mol. The van der Waals surface area contributed by atoms with Gasteiger partial charge in [0.1, 0.15) is 0 Å². The Bertz CT molecular complexity index is 686. The van der Waals surface area contributed by atoms with Crippen molar-refractivity contribution in [3.63, 3.8) is 0 Å². The number of ether oxygens (including phenoxy) is 2. The maximum absolute atomic E-state index is 12.4. The minimum Gasteiger partial charge on any atom is -0.389 e. The first-order chi connectivity index (χ1) is 11.1. The molecular weight excluding hydrogens is 336 g/mol. The lowest BCUT2D eigenvalue weighted by atomic mass is 10.2. The average Bonchev–Trinajstić information content (AvgIpc) is 2.60. The van der Waals surface area contributed by atoms with E-state index in [1.54, 1.807) is 13.8 Å². The zero-order valence-electron chi connectivity index (χ0n) is 13.8. The first kappa shape index (κ1) is 18.8. The van der Waals surface area contributed by atoms with E-state index in [0.29, 0.717) is 5.69 Å². The van der Waals surface area contributed by atoms with Crippen molar-refractivity contribution >= 4 is 21.6 Å². The van der Waals surface area contributed by atoms with E-state index in [0.717, 1.165) is 0 Å². The summed E-state index contributed by atoms with van der Waals surface area (Å²) < 4.78 is 38.1. The smallest absolute Gasteiger partial charge is 0.240 e. The van der Waals surface area contributed by atoms with Crippen molar-refractivity contribution in [1.82, 2.24) is 4.72 Å². The van der Waals surface area contributed by atoms with Crippen LogP contribution in [0.1, 0.15) is 20.8 Å². The van der Waals surface area contributed by atoms with Crippen molar-refractivity contribution in [2.75, 3.05) is 18.5 Å². The van der Waals surface area contributed by atoms with Gasteiger partial charge in [0.15, 0.2) is 5.79 Å². The first-order valence-corrected chi connectivity index (χ1v) is 8.93. The van der Waals surface area contributed by atoms with E-state index >= 15 is 0 Å². The molecule has 1 aliphatic heterocycles. The van der Waals surface area contributed by atoms with Crippen LogP contribution in [-0.2, 0) is 24.3 Å². The molecular formula is C15H22N2O6S. The number of hydrogen-bond acceptors (Lipinski definition) is 6. The summed E-state index contributed by atoms with van der Waals surface area (Å²) in [7, 11) is -3.85. The third kappa shape index (κ3) is 4.99. The Hall–Kier alpha value is -1.52. The van der Waals surface area contributed by atoms with Gasteiger partial charge in [0.2, 0.25) is 15.9 Å². The van der Waals surface area contributed by atoms with Crippen molar-refractivity contribution in [1.29, 1.82) is 0 Å². The molecule has 0 radical (unpaired) electrons. The Labute approximate surface area is 141 Å². The summed E-state index contributed by atoms with van der Waals surface area (Å²) in [6.45, 7) is 4.69. The number of hydrogen-bond donors (Lipinski definition) is 3. The molecule has 1 aromatic carbocycles. The Morgan fingerprint density at radius 2 is 1.79 bits per heavy atom. The van der Waals surface area contributed by atoms with Gasteiger partial charge in [-0.15, -0.1) is 0 Å². The first-order valence-electron chi connectivity index (χ1n) is 7.45. The SMILES string of the molecule is CC(=O)Nc1ccc(S(=O)(=O)N[C@@H]2COC(C)(C)OC[C@H]2O)cc1. The zero-order chi connectivity index (χ0) is 18.0. The summed E-state index contributed by atoms with van der Waals surface area (Å²) in [5.74, 6) is -1.13. The summed E-state index contributed by atoms with van der Waals surface area (Å²) in [6.07, 6.45) is -1.03. The topological polar surface area (TPSA) is 114 Å². The standard InChI is InChI=1S/C15H22N2O6S/c1-10(18)16-11-4-6-12(7-5-11)24(20,21)17-13-8-22-15(2,3)23-9-14(13)19/h4-7,13-14,17,19H,8-9H2,1-3H3,(H,16,18)/t13-,14-/m1/s1. The molecule has 8 nitrogen and oxygen atoms in total. The molecule has 0 aromatic heterocycles. The largest absolute Gasteiger partial charge is 0.389 e. The predicted octanol–water partition coefficient (Wildman–Crippen LogP) is 0.436. The monoisotopic (exact) mass is 358 g/mol.